The maximum absolute atomic E-state index is 14.0. The van der Waals surface area contributed by atoms with Crippen molar-refractivity contribution in [2.24, 2.45) is 14.1 Å². The average Bonchev–Trinajstić information content (AvgIpc) is 3.24. The van der Waals surface area contributed by atoms with Crippen molar-refractivity contribution in [1.29, 1.82) is 0 Å². The number of nitrogen functional groups attached to an aromatic ring is 1. The fourth-order valence-electron chi connectivity index (χ4n) is 3.95. The number of ether oxygens (including phenoxy) is 1. The van der Waals surface area contributed by atoms with Crippen LogP contribution in [0.4, 0.5) is 10.3 Å². The second kappa shape index (κ2) is 6.55. The summed E-state index contributed by atoms with van der Waals surface area (Å²) in [4.78, 5) is 4.50. The van der Waals surface area contributed by atoms with Crippen LogP contribution in [0.25, 0.3) is 44.3 Å². The monoisotopic (exact) mass is 402 g/mol. The fourth-order valence-corrected chi connectivity index (χ4v) is 3.95. The van der Waals surface area contributed by atoms with Gasteiger partial charge in [0.15, 0.2) is 0 Å². The Morgan fingerprint density at radius 3 is 2.20 bits per heavy atom. The third-order valence-corrected chi connectivity index (χ3v) is 5.36. The summed E-state index contributed by atoms with van der Waals surface area (Å²) in [7, 11) is 5.50. The van der Waals surface area contributed by atoms with Crippen molar-refractivity contribution in [2.75, 3.05) is 12.8 Å². The second-order valence-electron chi connectivity index (χ2n) is 7.22. The number of rotatable bonds is 3. The maximum atomic E-state index is 14.0. The van der Waals surface area contributed by atoms with E-state index in [4.69, 9.17) is 10.5 Å². The maximum Gasteiger partial charge on any atom is 0.240 e. The number of nitrogens with two attached hydrogens (primary N) is 1. The molecule has 2 N–H and O–H groups in total. The van der Waals surface area contributed by atoms with E-state index in [0.29, 0.717) is 11.4 Å². The summed E-state index contributed by atoms with van der Waals surface area (Å²) in [5, 5.41) is 10.1. The van der Waals surface area contributed by atoms with Crippen LogP contribution >= 0.6 is 0 Å². The molecule has 0 spiro atoms. The van der Waals surface area contributed by atoms with Gasteiger partial charge in [0.2, 0.25) is 5.95 Å². The van der Waals surface area contributed by atoms with E-state index < -0.39 is 0 Å². The van der Waals surface area contributed by atoms with Crippen molar-refractivity contribution in [3.8, 4) is 28.3 Å². The highest BCUT2D eigenvalue weighted by Gasteiger charge is 2.21. The van der Waals surface area contributed by atoms with E-state index in [2.05, 4.69) is 15.2 Å². The molecule has 8 heteroatoms. The van der Waals surface area contributed by atoms with Crippen molar-refractivity contribution >= 4 is 27.8 Å². The van der Waals surface area contributed by atoms with Crippen LogP contribution in [0, 0.1) is 5.82 Å². The van der Waals surface area contributed by atoms with Crippen LogP contribution in [0.5, 0.6) is 5.75 Å². The van der Waals surface area contributed by atoms with Gasteiger partial charge in [-0.05, 0) is 36.4 Å². The molecule has 30 heavy (non-hydrogen) atoms. The minimum Gasteiger partial charge on any atom is -0.497 e. The van der Waals surface area contributed by atoms with Gasteiger partial charge in [-0.1, -0.05) is 0 Å². The summed E-state index contributed by atoms with van der Waals surface area (Å²) in [5.41, 5.74) is 10.5. The quantitative estimate of drug-likeness (QED) is 0.495. The predicted octanol–water partition coefficient (Wildman–Crippen LogP) is 3.92. The van der Waals surface area contributed by atoms with E-state index in [-0.39, 0.29) is 11.8 Å². The van der Waals surface area contributed by atoms with E-state index in [1.165, 1.54) is 12.1 Å². The number of hydrogen-bond donors (Lipinski definition) is 1. The molecule has 0 saturated heterocycles. The number of aryl methyl sites for hydroxylation is 2. The minimum absolute atomic E-state index is 0.0555. The molecule has 7 nitrogen and oxygen atoms in total. The van der Waals surface area contributed by atoms with Crippen LogP contribution in [-0.4, -0.2) is 31.4 Å². The Hall–Kier alpha value is -3.94. The first-order chi connectivity index (χ1) is 14.5. The van der Waals surface area contributed by atoms with Gasteiger partial charge in [-0.3, -0.25) is 0 Å². The third kappa shape index (κ3) is 2.68. The van der Waals surface area contributed by atoms with Gasteiger partial charge in [0.1, 0.15) is 23.0 Å². The average molecular weight is 402 g/mol. The summed E-state index contributed by atoms with van der Waals surface area (Å²) in [6, 6.07) is 10.5. The summed E-state index contributed by atoms with van der Waals surface area (Å²) in [6.07, 6.45) is 3.88. The second-order valence-corrected chi connectivity index (χ2v) is 7.22. The molecule has 0 unspecified atom stereocenters. The molecular weight excluding hydrogens is 383 g/mol. The van der Waals surface area contributed by atoms with Crippen LogP contribution in [0.15, 0.2) is 48.8 Å². The van der Waals surface area contributed by atoms with Gasteiger partial charge in [0.05, 0.1) is 7.11 Å². The number of halogens is 1. The molecule has 0 aliphatic heterocycles. The van der Waals surface area contributed by atoms with Gasteiger partial charge in [-0.15, -0.1) is 10.2 Å². The van der Waals surface area contributed by atoms with Crippen molar-refractivity contribution in [3.63, 3.8) is 0 Å². The van der Waals surface area contributed by atoms with E-state index in [0.717, 1.165) is 38.7 Å². The van der Waals surface area contributed by atoms with Gasteiger partial charge in [0.25, 0.3) is 0 Å². The number of methoxy groups -OCH3 is 1. The lowest BCUT2D eigenvalue weighted by molar-refractivity contribution is 0.415. The van der Waals surface area contributed by atoms with Gasteiger partial charge in [0, 0.05) is 59.4 Å². The fraction of sp³-hybridized carbons (Fsp3) is 0.136. The van der Waals surface area contributed by atoms with Crippen molar-refractivity contribution in [3.05, 3.63) is 54.6 Å². The summed E-state index contributed by atoms with van der Waals surface area (Å²) in [6.45, 7) is 0. The van der Waals surface area contributed by atoms with Crippen LogP contribution < -0.4 is 10.5 Å². The van der Waals surface area contributed by atoms with E-state index in [1.807, 2.05) is 53.8 Å². The standard InChI is InChI=1S/C22H19FN6O/c1-28-10-16(14-8-12(23)4-6-18(14)28)20-21(26-27-22(24)25-20)17-11-29(2)19-7-5-13(30-3)9-15(17)19/h4-11H,1-3H3,(H2,24,25,27). The molecule has 150 valence electrons. The van der Waals surface area contributed by atoms with E-state index >= 15 is 0 Å². The molecule has 5 rings (SSSR count). The third-order valence-electron chi connectivity index (χ3n) is 5.36. The first-order valence-electron chi connectivity index (χ1n) is 9.35. The number of anilines is 1. The Morgan fingerprint density at radius 2 is 1.50 bits per heavy atom. The molecule has 3 aromatic heterocycles. The molecular formula is C22H19FN6O. The molecule has 5 aromatic rings. The first-order valence-corrected chi connectivity index (χ1v) is 9.35. The molecule has 2 aromatic carbocycles. The SMILES string of the molecule is COc1ccc2c(c1)c(-c1nnc(N)nc1-c1cn(C)c3ccc(F)cc13)cn2C. The summed E-state index contributed by atoms with van der Waals surface area (Å²) >= 11 is 0. The predicted molar refractivity (Wildman–Crippen MR) is 115 cm³/mol. The van der Waals surface area contributed by atoms with Crippen molar-refractivity contribution < 1.29 is 9.13 Å². The Bertz CT molecular complexity index is 1440. The van der Waals surface area contributed by atoms with E-state index in [1.54, 1.807) is 13.2 Å². The Labute approximate surface area is 171 Å². The van der Waals surface area contributed by atoms with Crippen LogP contribution in [0.2, 0.25) is 0 Å². The van der Waals surface area contributed by atoms with Gasteiger partial charge in [-0.25, -0.2) is 9.37 Å². The topological polar surface area (TPSA) is 83.8 Å². The van der Waals surface area contributed by atoms with Crippen molar-refractivity contribution in [1.82, 2.24) is 24.3 Å². The number of benzene rings is 2. The Balaban J connectivity index is 1.84. The molecule has 0 radical (unpaired) electrons. The van der Waals surface area contributed by atoms with Gasteiger partial charge >= 0.3 is 0 Å². The largest absolute Gasteiger partial charge is 0.497 e. The van der Waals surface area contributed by atoms with Crippen LogP contribution in [0.1, 0.15) is 0 Å². The van der Waals surface area contributed by atoms with Crippen molar-refractivity contribution in [2.45, 2.75) is 0 Å². The Kier molecular flexibility index (Phi) is 3.95. The number of aromatic nitrogens is 5. The molecule has 3 heterocycles. The lowest BCUT2D eigenvalue weighted by atomic mass is 10.0. The lowest BCUT2D eigenvalue weighted by Crippen LogP contribution is -2.02. The normalized spacial score (nSPS) is 11.5. The zero-order valence-corrected chi connectivity index (χ0v) is 16.7. The highest BCUT2D eigenvalue weighted by molar-refractivity contribution is 6.03. The Morgan fingerprint density at radius 1 is 0.867 bits per heavy atom. The highest BCUT2D eigenvalue weighted by Crippen LogP contribution is 2.39. The summed E-state index contributed by atoms with van der Waals surface area (Å²) in [5.74, 6) is 0.474. The first kappa shape index (κ1) is 18.1. The van der Waals surface area contributed by atoms with Crippen LogP contribution in [0.3, 0.4) is 0 Å². The molecule has 0 bridgehead atoms. The number of hydrogen-bond acceptors (Lipinski definition) is 5. The smallest absolute Gasteiger partial charge is 0.240 e. The van der Waals surface area contributed by atoms with Crippen LogP contribution in [-0.2, 0) is 14.1 Å². The molecule has 0 amide bonds. The zero-order valence-electron chi connectivity index (χ0n) is 16.7. The molecule has 0 saturated carbocycles. The highest BCUT2D eigenvalue weighted by atomic mass is 19.1. The molecule has 0 aliphatic rings. The lowest BCUT2D eigenvalue weighted by Gasteiger charge is -2.07. The van der Waals surface area contributed by atoms with Gasteiger partial charge < -0.3 is 19.6 Å². The molecule has 0 atom stereocenters. The number of fused-ring (bicyclic) bond motifs is 2. The van der Waals surface area contributed by atoms with Gasteiger partial charge in [-0.2, -0.15) is 0 Å². The number of nitrogens with zero attached hydrogens (tertiary/aromatic N) is 5. The molecule has 0 aliphatic carbocycles. The van der Waals surface area contributed by atoms with E-state index in [9.17, 15) is 4.39 Å². The molecule has 0 fully saturated rings. The minimum atomic E-state index is -0.318. The summed E-state index contributed by atoms with van der Waals surface area (Å²) < 4.78 is 23.4. The zero-order chi connectivity index (χ0) is 21.0.